The summed E-state index contributed by atoms with van der Waals surface area (Å²) in [5, 5.41) is 14.3. The topological polar surface area (TPSA) is 75.5 Å². The molecule has 0 aliphatic carbocycles. The average Bonchev–Trinajstić information content (AvgIpc) is 2.44. The lowest BCUT2D eigenvalue weighted by Gasteiger charge is -2.39. The van der Waals surface area contributed by atoms with Gasteiger partial charge in [0.2, 0.25) is 5.91 Å². The summed E-state index contributed by atoms with van der Waals surface area (Å²) in [6.07, 6.45) is 3.10. The zero-order valence-corrected chi connectivity index (χ0v) is 13.0. The molecule has 0 unspecified atom stereocenters. The van der Waals surface area contributed by atoms with Gasteiger partial charge in [-0.3, -0.25) is 14.9 Å². The Bertz CT molecular complexity index is 640. The summed E-state index contributed by atoms with van der Waals surface area (Å²) in [6, 6.07) is 3.41. The quantitative estimate of drug-likeness (QED) is 0.673. The summed E-state index contributed by atoms with van der Waals surface area (Å²) in [5.74, 6) is -0.0220. The molecule has 0 atom stereocenters. The van der Waals surface area contributed by atoms with Crippen LogP contribution >= 0.6 is 0 Å². The molecular weight excluding hydrogens is 282 g/mol. The fourth-order valence-electron chi connectivity index (χ4n) is 3.43. The minimum Gasteiger partial charge on any atom is -0.365 e. The maximum Gasteiger partial charge on any atom is 0.292 e. The number of nitro benzene ring substituents is 1. The summed E-state index contributed by atoms with van der Waals surface area (Å²) in [4.78, 5) is 24.8. The van der Waals surface area contributed by atoms with Crippen LogP contribution in [0.5, 0.6) is 0 Å². The molecule has 118 valence electrons. The maximum absolute atomic E-state index is 11.6. The van der Waals surface area contributed by atoms with Crippen molar-refractivity contribution in [3.8, 4) is 0 Å². The van der Waals surface area contributed by atoms with Crippen molar-refractivity contribution < 1.29 is 9.72 Å². The van der Waals surface area contributed by atoms with Crippen molar-refractivity contribution in [2.75, 3.05) is 23.3 Å². The minimum absolute atomic E-state index is 0.0220. The largest absolute Gasteiger partial charge is 0.365 e. The van der Waals surface area contributed by atoms with Crippen molar-refractivity contribution in [3.63, 3.8) is 0 Å². The number of aryl methyl sites for hydroxylation is 1. The smallest absolute Gasteiger partial charge is 0.292 e. The minimum atomic E-state index is -0.312. The van der Waals surface area contributed by atoms with Gasteiger partial charge in [0, 0.05) is 31.3 Å². The molecule has 1 amide bonds. The molecule has 22 heavy (non-hydrogen) atoms. The SMILES string of the molecule is CC1(C)CCCN(c2cc3c(cc2[N+](=O)[O-])CCC(=O)N3)C1. The molecule has 0 spiro atoms. The molecule has 0 radical (unpaired) electrons. The van der Waals surface area contributed by atoms with Crippen molar-refractivity contribution >= 4 is 23.0 Å². The molecule has 0 bridgehead atoms. The molecule has 2 heterocycles. The number of hydrogen-bond donors (Lipinski definition) is 1. The highest BCUT2D eigenvalue weighted by Crippen LogP contribution is 2.40. The fourth-order valence-corrected chi connectivity index (χ4v) is 3.43. The second kappa shape index (κ2) is 5.26. The lowest BCUT2D eigenvalue weighted by molar-refractivity contribution is -0.384. The Balaban J connectivity index is 2.03. The van der Waals surface area contributed by atoms with Gasteiger partial charge in [-0.2, -0.15) is 0 Å². The molecule has 0 aromatic heterocycles. The van der Waals surface area contributed by atoms with Crippen LogP contribution in [0, 0.1) is 15.5 Å². The summed E-state index contributed by atoms with van der Waals surface area (Å²) in [5.41, 5.74) is 2.49. The lowest BCUT2D eigenvalue weighted by Crippen LogP contribution is -2.40. The number of nitrogens with zero attached hydrogens (tertiary/aromatic N) is 2. The molecule has 3 rings (SSSR count). The molecule has 6 nitrogen and oxygen atoms in total. The predicted molar refractivity (Wildman–Crippen MR) is 85.3 cm³/mol. The van der Waals surface area contributed by atoms with Crippen molar-refractivity contribution in [1.82, 2.24) is 0 Å². The van der Waals surface area contributed by atoms with Gasteiger partial charge in [-0.25, -0.2) is 0 Å². The Labute approximate surface area is 129 Å². The number of benzene rings is 1. The molecule has 2 aliphatic rings. The van der Waals surface area contributed by atoms with E-state index in [0.717, 1.165) is 37.2 Å². The van der Waals surface area contributed by atoms with Crippen molar-refractivity contribution in [1.29, 1.82) is 0 Å². The van der Waals surface area contributed by atoms with E-state index in [4.69, 9.17) is 0 Å². The average molecular weight is 303 g/mol. The highest BCUT2D eigenvalue weighted by Gasteiger charge is 2.31. The zero-order valence-electron chi connectivity index (χ0n) is 13.0. The number of nitrogens with one attached hydrogen (secondary N) is 1. The van der Waals surface area contributed by atoms with Gasteiger partial charge in [0.05, 0.1) is 4.92 Å². The number of carbonyl (C=O) groups is 1. The van der Waals surface area contributed by atoms with E-state index in [9.17, 15) is 14.9 Å². The van der Waals surface area contributed by atoms with Crippen LogP contribution in [0.3, 0.4) is 0 Å². The maximum atomic E-state index is 11.6. The van der Waals surface area contributed by atoms with Crippen LogP contribution in [0.2, 0.25) is 0 Å². The number of piperidine rings is 1. The first-order valence-corrected chi connectivity index (χ1v) is 7.72. The van der Waals surface area contributed by atoms with Gasteiger partial charge < -0.3 is 10.2 Å². The molecule has 1 N–H and O–H groups in total. The summed E-state index contributed by atoms with van der Waals surface area (Å²) in [7, 11) is 0. The molecule has 1 aromatic rings. The first-order valence-electron chi connectivity index (χ1n) is 7.72. The van der Waals surface area contributed by atoms with Gasteiger partial charge in [-0.15, -0.1) is 0 Å². The van der Waals surface area contributed by atoms with E-state index < -0.39 is 0 Å². The van der Waals surface area contributed by atoms with Crippen molar-refractivity contribution in [3.05, 3.63) is 27.8 Å². The number of rotatable bonds is 2. The molecule has 1 fully saturated rings. The number of amides is 1. The summed E-state index contributed by atoms with van der Waals surface area (Å²) in [6.45, 7) is 5.98. The van der Waals surface area contributed by atoms with Crippen LogP contribution in [-0.4, -0.2) is 23.9 Å². The van der Waals surface area contributed by atoms with E-state index in [0.29, 0.717) is 18.5 Å². The predicted octanol–water partition coefficient (Wildman–Crippen LogP) is 3.11. The van der Waals surface area contributed by atoms with E-state index in [-0.39, 0.29) is 21.9 Å². The van der Waals surface area contributed by atoms with Crippen LogP contribution in [0.25, 0.3) is 0 Å². The Kier molecular flexibility index (Phi) is 3.54. The van der Waals surface area contributed by atoms with Crippen LogP contribution < -0.4 is 10.2 Å². The summed E-state index contributed by atoms with van der Waals surface area (Å²) >= 11 is 0. The molecule has 2 aliphatic heterocycles. The molecular formula is C16H21N3O3. The van der Waals surface area contributed by atoms with Crippen LogP contribution in [0.15, 0.2) is 12.1 Å². The first kappa shape index (κ1) is 14.8. The Morgan fingerprint density at radius 1 is 1.32 bits per heavy atom. The van der Waals surface area contributed by atoms with E-state index in [1.54, 1.807) is 12.1 Å². The monoisotopic (exact) mass is 303 g/mol. The second-order valence-corrected chi connectivity index (χ2v) is 6.99. The summed E-state index contributed by atoms with van der Waals surface area (Å²) < 4.78 is 0. The van der Waals surface area contributed by atoms with Gasteiger partial charge in [-0.05, 0) is 36.3 Å². The molecule has 1 aromatic carbocycles. The van der Waals surface area contributed by atoms with Crippen molar-refractivity contribution in [2.45, 2.75) is 39.5 Å². The Hall–Kier alpha value is -2.11. The van der Waals surface area contributed by atoms with Gasteiger partial charge >= 0.3 is 0 Å². The van der Waals surface area contributed by atoms with E-state index in [1.807, 2.05) is 0 Å². The standard InChI is InChI=1S/C16H21N3O3/c1-16(2)6-3-7-18(10-16)13-9-12-11(4-5-15(20)17-12)8-14(13)19(21)22/h8-9H,3-7,10H2,1-2H3,(H,17,20). The van der Waals surface area contributed by atoms with Crippen molar-refractivity contribution in [2.24, 2.45) is 5.41 Å². The lowest BCUT2D eigenvalue weighted by atomic mass is 9.84. The fraction of sp³-hybridized carbons (Fsp3) is 0.562. The third-order valence-corrected chi connectivity index (χ3v) is 4.53. The number of anilines is 2. The van der Waals surface area contributed by atoms with Crippen LogP contribution in [0.1, 0.15) is 38.7 Å². The Morgan fingerprint density at radius 3 is 2.77 bits per heavy atom. The zero-order chi connectivity index (χ0) is 15.9. The first-order chi connectivity index (χ1) is 10.4. The van der Waals surface area contributed by atoms with E-state index in [1.165, 1.54) is 0 Å². The molecule has 6 heteroatoms. The van der Waals surface area contributed by atoms with Gasteiger partial charge in [0.15, 0.2) is 0 Å². The van der Waals surface area contributed by atoms with E-state index in [2.05, 4.69) is 24.1 Å². The number of carbonyl (C=O) groups excluding carboxylic acids is 1. The third kappa shape index (κ3) is 2.77. The second-order valence-electron chi connectivity index (χ2n) is 6.99. The highest BCUT2D eigenvalue weighted by atomic mass is 16.6. The van der Waals surface area contributed by atoms with E-state index >= 15 is 0 Å². The number of nitro groups is 1. The van der Waals surface area contributed by atoms with Crippen LogP contribution in [-0.2, 0) is 11.2 Å². The molecule has 1 saturated heterocycles. The number of fused-ring (bicyclic) bond motifs is 1. The van der Waals surface area contributed by atoms with Gasteiger partial charge in [0.1, 0.15) is 5.69 Å². The van der Waals surface area contributed by atoms with Crippen LogP contribution in [0.4, 0.5) is 17.1 Å². The highest BCUT2D eigenvalue weighted by molar-refractivity contribution is 5.95. The van der Waals surface area contributed by atoms with Gasteiger partial charge in [0.25, 0.3) is 5.69 Å². The normalized spacial score (nSPS) is 20.3. The Morgan fingerprint density at radius 2 is 2.09 bits per heavy atom. The molecule has 0 saturated carbocycles. The van der Waals surface area contributed by atoms with Gasteiger partial charge in [-0.1, -0.05) is 13.8 Å². The third-order valence-electron chi connectivity index (χ3n) is 4.53. The number of hydrogen-bond acceptors (Lipinski definition) is 4.